The summed E-state index contributed by atoms with van der Waals surface area (Å²) in [4.78, 5) is 0. The SMILES string of the molecule is Cc1ccc2c(c1C)OCCC2(C)N. The van der Waals surface area contributed by atoms with E-state index in [1.165, 1.54) is 11.1 Å². The lowest BCUT2D eigenvalue weighted by Crippen LogP contribution is -2.38. The molecule has 2 N–H and O–H groups in total. The number of rotatable bonds is 0. The minimum absolute atomic E-state index is 0.230. The molecule has 2 rings (SSSR count). The molecule has 2 nitrogen and oxygen atoms in total. The maximum absolute atomic E-state index is 6.23. The van der Waals surface area contributed by atoms with E-state index in [2.05, 4.69) is 32.9 Å². The van der Waals surface area contributed by atoms with Gasteiger partial charge in [0.25, 0.3) is 0 Å². The van der Waals surface area contributed by atoms with Crippen LogP contribution in [0, 0.1) is 13.8 Å². The highest BCUT2D eigenvalue weighted by atomic mass is 16.5. The lowest BCUT2D eigenvalue weighted by atomic mass is 9.85. The van der Waals surface area contributed by atoms with E-state index in [0.29, 0.717) is 0 Å². The lowest BCUT2D eigenvalue weighted by Gasteiger charge is -2.33. The van der Waals surface area contributed by atoms with Gasteiger partial charge in [0.1, 0.15) is 5.75 Å². The number of fused-ring (bicyclic) bond motifs is 1. The minimum Gasteiger partial charge on any atom is -0.493 e. The first-order chi connectivity index (χ1) is 6.52. The Balaban J connectivity index is 2.62. The van der Waals surface area contributed by atoms with Gasteiger partial charge in [-0.15, -0.1) is 0 Å². The normalized spacial score (nSPS) is 25.4. The Morgan fingerprint density at radius 1 is 1.36 bits per heavy atom. The highest BCUT2D eigenvalue weighted by Crippen LogP contribution is 2.38. The molecule has 1 aromatic carbocycles. The summed E-state index contributed by atoms with van der Waals surface area (Å²) in [6, 6.07) is 4.21. The van der Waals surface area contributed by atoms with Crippen LogP contribution in [0.5, 0.6) is 5.75 Å². The molecule has 1 aromatic rings. The van der Waals surface area contributed by atoms with E-state index in [9.17, 15) is 0 Å². The van der Waals surface area contributed by atoms with Crippen LogP contribution in [0.1, 0.15) is 30.0 Å². The van der Waals surface area contributed by atoms with Crippen molar-refractivity contribution in [3.05, 3.63) is 28.8 Å². The molecular weight excluding hydrogens is 174 g/mol. The second kappa shape index (κ2) is 2.99. The third-order valence-electron chi connectivity index (χ3n) is 3.16. The average Bonchev–Trinajstić information content (AvgIpc) is 2.11. The van der Waals surface area contributed by atoms with E-state index >= 15 is 0 Å². The van der Waals surface area contributed by atoms with Crippen molar-refractivity contribution in [3.8, 4) is 5.75 Å². The predicted molar refractivity (Wildman–Crippen MR) is 57.6 cm³/mol. The van der Waals surface area contributed by atoms with Crippen LogP contribution in [-0.2, 0) is 5.54 Å². The van der Waals surface area contributed by atoms with Gasteiger partial charge in [-0.3, -0.25) is 0 Å². The molecule has 0 bridgehead atoms. The fraction of sp³-hybridized carbons (Fsp3) is 0.500. The molecule has 1 unspecified atom stereocenters. The molecular formula is C12H17NO. The lowest BCUT2D eigenvalue weighted by molar-refractivity contribution is 0.226. The van der Waals surface area contributed by atoms with E-state index in [0.717, 1.165) is 24.3 Å². The summed E-state index contributed by atoms with van der Waals surface area (Å²) in [5, 5.41) is 0. The number of hydrogen-bond donors (Lipinski definition) is 1. The smallest absolute Gasteiger partial charge is 0.127 e. The molecule has 1 heterocycles. The van der Waals surface area contributed by atoms with Gasteiger partial charge in [-0.05, 0) is 31.9 Å². The highest BCUT2D eigenvalue weighted by Gasteiger charge is 2.30. The fourth-order valence-corrected chi connectivity index (χ4v) is 1.93. The average molecular weight is 191 g/mol. The molecule has 1 aliphatic heterocycles. The first-order valence-corrected chi connectivity index (χ1v) is 5.05. The molecule has 14 heavy (non-hydrogen) atoms. The maximum atomic E-state index is 6.23. The van der Waals surface area contributed by atoms with Crippen molar-refractivity contribution in [2.75, 3.05) is 6.61 Å². The molecule has 1 aliphatic rings. The summed E-state index contributed by atoms with van der Waals surface area (Å²) in [5.74, 6) is 1.00. The Hall–Kier alpha value is -1.02. The van der Waals surface area contributed by atoms with E-state index in [-0.39, 0.29) is 5.54 Å². The first-order valence-electron chi connectivity index (χ1n) is 5.05. The molecule has 0 saturated heterocycles. The molecule has 0 amide bonds. The summed E-state index contributed by atoms with van der Waals surface area (Å²) in [6.45, 7) is 6.99. The maximum Gasteiger partial charge on any atom is 0.127 e. The standard InChI is InChI=1S/C12H17NO/c1-8-4-5-10-11(9(8)2)14-7-6-12(10,3)13/h4-5H,6-7,13H2,1-3H3. The van der Waals surface area contributed by atoms with E-state index in [4.69, 9.17) is 10.5 Å². The number of ether oxygens (including phenoxy) is 1. The van der Waals surface area contributed by atoms with Gasteiger partial charge in [0.2, 0.25) is 0 Å². The Morgan fingerprint density at radius 3 is 2.79 bits per heavy atom. The van der Waals surface area contributed by atoms with Crippen molar-refractivity contribution in [2.45, 2.75) is 32.7 Å². The van der Waals surface area contributed by atoms with Crippen molar-refractivity contribution in [1.29, 1.82) is 0 Å². The van der Waals surface area contributed by atoms with Crippen LogP contribution in [-0.4, -0.2) is 6.61 Å². The van der Waals surface area contributed by atoms with Crippen molar-refractivity contribution in [1.82, 2.24) is 0 Å². The Labute approximate surface area is 85.1 Å². The van der Waals surface area contributed by atoms with Crippen LogP contribution in [0.15, 0.2) is 12.1 Å². The third-order valence-corrected chi connectivity index (χ3v) is 3.16. The summed E-state index contributed by atoms with van der Waals surface area (Å²) in [6.07, 6.45) is 0.891. The van der Waals surface area contributed by atoms with Crippen LogP contribution < -0.4 is 10.5 Å². The van der Waals surface area contributed by atoms with Crippen LogP contribution >= 0.6 is 0 Å². The zero-order valence-electron chi connectivity index (χ0n) is 9.05. The van der Waals surface area contributed by atoms with E-state index in [1.54, 1.807) is 0 Å². The number of benzene rings is 1. The number of hydrogen-bond acceptors (Lipinski definition) is 2. The fourth-order valence-electron chi connectivity index (χ4n) is 1.93. The first kappa shape index (κ1) is 9.53. The Kier molecular flexibility index (Phi) is 2.04. The molecule has 0 saturated carbocycles. The summed E-state index contributed by atoms with van der Waals surface area (Å²) in [5.41, 5.74) is 9.63. The zero-order chi connectivity index (χ0) is 10.3. The van der Waals surface area contributed by atoms with Crippen molar-refractivity contribution in [3.63, 3.8) is 0 Å². The molecule has 0 spiro atoms. The van der Waals surface area contributed by atoms with Crippen molar-refractivity contribution < 1.29 is 4.74 Å². The molecule has 0 radical (unpaired) electrons. The third kappa shape index (κ3) is 1.30. The largest absolute Gasteiger partial charge is 0.493 e. The molecule has 2 heteroatoms. The van der Waals surface area contributed by atoms with Crippen molar-refractivity contribution in [2.24, 2.45) is 5.73 Å². The number of aryl methyl sites for hydroxylation is 1. The van der Waals surface area contributed by atoms with E-state index in [1.807, 2.05) is 0 Å². The topological polar surface area (TPSA) is 35.2 Å². The van der Waals surface area contributed by atoms with Crippen LogP contribution in [0.3, 0.4) is 0 Å². The Morgan fingerprint density at radius 2 is 2.07 bits per heavy atom. The number of nitrogens with two attached hydrogens (primary N) is 1. The van der Waals surface area contributed by atoms with Crippen molar-refractivity contribution >= 4 is 0 Å². The summed E-state index contributed by atoms with van der Waals surface area (Å²) in [7, 11) is 0. The van der Waals surface area contributed by atoms with E-state index < -0.39 is 0 Å². The van der Waals surface area contributed by atoms with Gasteiger partial charge in [0, 0.05) is 17.5 Å². The second-order valence-corrected chi connectivity index (χ2v) is 4.40. The monoisotopic (exact) mass is 191 g/mol. The van der Waals surface area contributed by atoms with Gasteiger partial charge in [-0.1, -0.05) is 12.1 Å². The molecule has 0 fully saturated rings. The van der Waals surface area contributed by atoms with Gasteiger partial charge in [-0.25, -0.2) is 0 Å². The Bertz CT molecular complexity index is 369. The quantitative estimate of drug-likeness (QED) is 0.682. The van der Waals surface area contributed by atoms with Gasteiger partial charge in [0.05, 0.1) is 6.61 Å². The van der Waals surface area contributed by atoms with Gasteiger partial charge in [0.15, 0.2) is 0 Å². The summed E-state index contributed by atoms with van der Waals surface area (Å²) < 4.78 is 5.69. The van der Waals surface area contributed by atoms with Gasteiger partial charge in [-0.2, -0.15) is 0 Å². The van der Waals surface area contributed by atoms with Crippen LogP contribution in [0.2, 0.25) is 0 Å². The minimum atomic E-state index is -0.230. The predicted octanol–water partition coefficient (Wildman–Crippen LogP) is 2.26. The highest BCUT2D eigenvalue weighted by molar-refractivity contribution is 5.49. The molecule has 0 aromatic heterocycles. The molecule has 0 aliphatic carbocycles. The molecule has 1 atom stereocenters. The summed E-state index contributed by atoms with van der Waals surface area (Å²) >= 11 is 0. The molecule has 76 valence electrons. The van der Waals surface area contributed by atoms with Gasteiger partial charge < -0.3 is 10.5 Å². The van der Waals surface area contributed by atoms with Crippen LogP contribution in [0.25, 0.3) is 0 Å². The second-order valence-electron chi connectivity index (χ2n) is 4.40. The zero-order valence-corrected chi connectivity index (χ0v) is 9.05. The van der Waals surface area contributed by atoms with Crippen LogP contribution in [0.4, 0.5) is 0 Å². The van der Waals surface area contributed by atoms with Gasteiger partial charge >= 0.3 is 0 Å².